The SMILES string of the molecule is C[C@H](NC(=O)CSC1CCNCC1)C1CCCC1. The molecule has 1 aliphatic heterocycles. The Morgan fingerprint density at radius 1 is 1.28 bits per heavy atom. The maximum atomic E-state index is 11.9. The minimum Gasteiger partial charge on any atom is -0.353 e. The summed E-state index contributed by atoms with van der Waals surface area (Å²) in [4.78, 5) is 11.9. The van der Waals surface area contributed by atoms with Crippen molar-refractivity contribution in [1.82, 2.24) is 10.6 Å². The van der Waals surface area contributed by atoms with E-state index in [9.17, 15) is 4.79 Å². The smallest absolute Gasteiger partial charge is 0.230 e. The van der Waals surface area contributed by atoms with Crippen LogP contribution in [0.3, 0.4) is 0 Å². The van der Waals surface area contributed by atoms with Crippen LogP contribution in [0, 0.1) is 5.92 Å². The number of nitrogens with one attached hydrogen (secondary N) is 2. The van der Waals surface area contributed by atoms with Gasteiger partial charge in [0.25, 0.3) is 0 Å². The molecule has 18 heavy (non-hydrogen) atoms. The van der Waals surface area contributed by atoms with Gasteiger partial charge in [-0.1, -0.05) is 12.8 Å². The van der Waals surface area contributed by atoms with E-state index in [1.807, 2.05) is 11.8 Å². The van der Waals surface area contributed by atoms with Crippen molar-refractivity contribution in [3.05, 3.63) is 0 Å². The second kappa shape index (κ2) is 7.39. The standard InChI is InChI=1S/C14H26N2OS/c1-11(12-4-2-3-5-12)16-14(17)10-18-13-6-8-15-9-7-13/h11-13,15H,2-10H2,1H3,(H,16,17)/t11-/m0/s1. The fourth-order valence-corrected chi connectivity index (χ4v) is 4.07. The van der Waals surface area contributed by atoms with E-state index in [0.29, 0.717) is 17.0 Å². The Morgan fingerprint density at radius 2 is 1.94 bits per heavy atom. The number of hydrogen-bond acceptors (Lipinski definition) is 3. The van der Waals surface area contributed by atoms with E-state index in [0.717, 1.165) is 19.0 Å². The Morgan fingerprint density at radius 3 is 2.61 bits per heavy atom. The summed E-state index contributed by atoms with van der Waals surface area (Å²) in [6.07, 6.45) is 7.68. The molecule has 0 unspecified atom stereocenters. The van der Waals surface area contributed by atoms with Gasteiger partial charge >= 0.3 is 0 Å². The summed E-state index contributed by atoms with van der Waals surface area (Å²) in [7, 11) is 0. The fourth-order valence-electron chi connectivity index (χ4n) is 3.03. The van der Waals surface area contributed by atoms with Crippen LogP contribution in [0.1, 0.15) is 45.4 Å². The third-order valence-corrected chi connectivity index (χ3v) is 5.60. The zero-order valence-corrected chi connectivity index (χ0v) is 12.2. The predicted octanol–water partition coefficient (Wildman–Crippen LogP) is 2.17. The first-order valence-electron chi connectivity index (χ1n) is 7.37. The van der Waals surface area contributed by atoms with Gasteiger partial charge in [-0.15, -0.1) is 11.8 Å². The largest absolute Gasteiger partial charge is 0.353 e. The van der Waals surface area contributed by atoms with Gasteiger partial charge in [-0.25, -0.2) is 0 Å². The summed E-state index contributed by atoms with van der Waals surface area (Å²) in [6, 6.07) is 0.369. The molecule has 0 aromatic heterocycles. The summed E-state index contributed by atoms with van der Waals surface area (Å²) in [5.74, 6) is 1.60. The van der Waals surface area contributed by atoms with E-state index >= 15 is 0 Å². The number of amides is 1. The van der Waals surface area contributed by atoms with Gasteiger partial charge in [-0.05, 0) is 51.6 Å². The maximum absolute atomic E-state index is 11.9. The van der Waals surface area contributed by atoms with E-state index in [-0.39, 0.29) is 5.91 Å². The predicted molar refractivity (Wildman–Crippen MR) is 77.9 cm³/mol. The van der Waals surface area contributed by atoms with Gasteiger partial charge in [-0.3, -0.25) is 4.79 Å². The second-order valence-corrected chi connectivity index (χ2v) is 6.95. The van der Waals surface area contributed by atoms with Crippen molar-refractivity contribution in [2.45, 2.75) is 56.7 Å². The maximum Gasteiger partial charge on any atom is 0.230 e. The van der Waals surface area contributed by atoms with Crippen LogP contribution in [0.5, 0.6) is 0 Å². The fraction of sp³-hybridized carbons (Fsp3) is 0.929. The molecule has 1 amide bonds. The van der Waals surface area contributed by atoms with E-state index in [1.54, 1.807) is 0 Å². The van der Waals surface area contributed by atoms with E-state index in [4.69, 9.17) is 0 Å². The molecule has 0 aromatic carbocycles. The quantitative estimate of drug-likeness (QED) is 0.804. The molecular weight excluding hydrogens is 244 g/mol. The van der Waals surface area contributed by atoms with Crippen LogP contribution in [-0.4, -0.2) is 36.0 Å². The normalized spacial score (nSPS) is 24.1. The highest BCUT2D eigenvalue weighted by molar-refractivity contribution is 8.00. The number of rotatable bonds is 5. The first kappa shape index (κ1) is 14.2. The Hall–Kier alpha value is -0.220. The molecule has 0 bridgehead atoms. The molecule has 0 aromatic rings. The molecule has 1 saturated heterocycles. The van der Waals surface area contributed by atoms with Crippen molar-refractivity contribution < 1.29 is 4.79 Å². The molecule has 2 rings (SSSR count). The van der Waals surface area contributed by atoms with Crippen molar-refractivity contribution >= 4 is 17.7 Å². The minimum absolute atomic E-state index is 0.234. The summed E-state index contributed by atoms with van der Waals surface area (Å²) >= 11 is 1.84. The Kier molecular flexibility index (Phi) is 5.83. The third-order valence-electron chi connectivity index (χ3n) is 4.23. The van der Waals surface area contributed by atoms with Gasteiger partial charge in [0.15, 0.2) is 0 Å². The highest BCUT2D eigenvalue weighted by Gasteiger charge is 2.23. The van der Waals surface area contributed by atoms with Crippen LogP contribution in [0.4, 0.5) is 0 Å². The summed E-state index contributed by atoms with van der Waals surface area (Å²) in [5, 5.41) is 7.22. The molecule has 1 heterocycles. The van der Waals surface area contributed by atoms with Crippen molar-refractivity contribution in [2.75, 3.05) is 18.8 Å². The van der Waals surface area contributed by atoms with Gasteiger partial charge in [-0.2, -0.15) is 0 Å². The van der Waals surface area contributed by atoms with Gasteiger partial charge in [0, 0.05) is 11.3 Å². The first-order valence-corrected chi connectivity index (χ1v) is 8.42. The van der Waals surface area contributed by atoms with Crippen LogP contribution >= 0.6 is 11.8 Å². The molecule has 2 N–H and O–H groups in total. The van der Waals surface area contributed by atoms with Crippen LogP contribution < -0.4 is 10.6 Å². The van der Waals surface area contributed by atoms with Crippen LogP contribution in [0.25, 0.3) is 0 Å². The summed E-state index contributed by atoms with van der Waals surface area (Å²) in [6.45, 7) is 4.39. The molecular formula is C14H26N2OS. The zero-order chi connectivity index (χ0) is 12.8. The molecule has 3 nitrogen and oxygen atoms in total. The molecule has 104 valence electrons. The van der Waals surface area contributed by atoms with Gasteiger partial charge in [0.1, 0.15) is 0 Å². The van der Waals surface area contributed by atoms with Crippen molar-refractivity contribution in [3.63, 3.8) is 0 Å². The molecule has 0 spiro atoms. The number of carbonyl (C=O) groups excluding carboxylic acids is 1. The molecule has 2 aliphatic rings. The number of piperidine rings is 1. The molecule has 1 aliphatic carbocycles. The Balaban J connectivity index is 1.61. The molecule has 0 radical (unpaired) electrons. The van der Waals surface area contributed by atoms with Crippen LogP contribution in [0.15, 0.2) is 0 Å². The lowest BCUT2D eigenvalue weighted by Crippen LogP contribution is -2.39. The average molecular weight is 270 g/mol. The van der Waals surface area contributed by atoms with Crippen LogP contribution in [0.2, 0.25) is 0 Å². The molecule has 1 atom stereocenters. The number of carbonyl (C=O) groups is 1. The number of thioether (sulfide) groups is 1. The second-order valence-electron chi connectivity index (χ2n) is 5.66. The topological polar surface area (TPSA) is 41.1 Å². The summed E-state index contributed by atoms with van der Waals surface area (Å²) in [5.41, 5.74) is 0. The van der Waals surface area contributed by atoms with Crippen molar-refractivity contribution in [1.29, 1.82) is 0 Å². The van der Waals surface area contributed by atoms with E-state index in [1.165, 1.54) is 38.5 Å². The van der Waals surface area contributed by atoms with Gasteiger partial charge < -0.3 is 10.6 Å². The molecule has 2 fully saturated rings. The average Bonchev–Trinajstić information content (AvgIpc) is 2.91. The van der Waals surface area contributed by atoms with Crippen LogP contribution in [-0.2, 0) is 4.79 Å². The highest BCUT2D eigenvalue weighted by Crippen LogP contribution is 2.27. The van der Waals surface area contributed by atoms with E-state index < -0.39 is 0 Å². The Labute approximate surface area is 115 Å². The van der Waals surface area contributed by atoms with Gasteiger partial charge in [0.2, 0.25) is 5.91 Å². The van der Waals surface area contributed by atoms with E-state index in [2.05, 4.69) is 17.6 Å². The minimum atomic E-state index is 0.234. The lowest BCUT2D eigenvalue weighted by atomic mass is 10.00. The zero-order valence-electron chi connectivity index (χ0n) is 11.4. The highest BCUT2D eigenvalue weighted by atomic mass is 32.2. The third kappa shape index (κ3) is 4.47. The van der Waals surface area contributed by atoms with Gasteiger partial charge in [0.05, 0.1) is 5.75 Å². The number of hydrogen-bond donors (Lipinski definition) is 2. The molecule has 1 saturated carbocycles. The van der Waals surface area contributed by atoms with Crippen molar-refractivity contribution in [3.8, 4) is 0 Å². The Bertz CT molecular complexity index is 261. The van der Waals surface area contributed by atoms with Crippen molar-refractivity contribution in [2.24, 2.45) is 5.92 Å². The molecule has 4 heteroatoms. The first-order chi connectivity index (χ1) is 8.75. The monoisotopic (exact) mass is 270 g/mol. The lowest BCUT2D eigenvalue weighted by Gasteiger charge is -2.23. The lowest BCUT2D eigenvalue weighted by molar-refractivity contribution is -0.119. The summed E-state index contributed by atoms with van der Waals surface area (Å²) < 4.78 is 0.